The Bertz CT molecular complexity index is 501. The largest absolute Gasteiger partial charge is 0.496 e. The summed E-state index contributed by atoms with van der Waals surface area (Å²) in [6.45, 7) is 2.11. The Balaban J connectivity index is 2.37. The third kappa shape index (κ3) is 2.66. The van der Waals surface area contributed by atoms with E-state index in [1.807, 2.05) is 24.3 Å². The predicted octanol–water partition coefficient (Wildman–Crippen LogP) is 4.06. The Morgan fingerprint density at radius 2 is 2.12 bits per heavy atom. The van der Waals surface area contributed by atoms with E-state index < -0.39 is 0 Å². The van der Waals surface area contributed by atoms with Crippen molar-refractivity contribution in [2.75, 3.05) is 7.11 Å². The maximum atomic E-state index is 5.32. The molecule has 2 aromatic rings. The van der Waals surface area contributed by atoms with Crippen LogP contribution in [-0.2, 0) is 0 Å². The molecule has 0 N–H and O–H groups in total. The molecule has 17 heavy (non-hydrogen) atoms. The summed E-state index contributed by atoms with van der Waals surface area (Å²) in [6.07, 6.45) is 1.00. The van der Waals surface area contributed by atoms with Gasteiger partial charge in [0.25, 0.3) is 0 Å². The van der Waals surface area contributed by atoms with Crippen LogP contribution in [0.4, 0.5) is 0 Å². The second-order valence-corrected chi connectivity index (χ2v) is 5.64. The molecule has 0 bridgehead atoms. The normalized spacial score (nSPS) is 12.4. The number of benzene rings is 1. The fourth-order valence-electron chi connectivity index (χ4n) is 1.47. The van der Waals surface area contributed by atoms with Crippen LogP contribution in [0.2, 0.25) is 0 Å². The topological polar surface area (TPSA) is 35.0 Å². The molecule has 0 radical (unpaired) electrons. The number of aromatic nitrogens is 2. The van der Waals surface area contributed by atoms with Gasteiger partial charge < -0.3 is 4.74 Å². The van der Waals surface area contributed by atoms with Crippen molar-refractivity contribution in [3.05, 3.63) is 29.3 Å². The number of halogens is 1. The smallest absolute Gasteiger partial charge is 0.151 e. The molecule has 0 saturated carbocycles. The zero-order valence-corrected chi connectivity index (χ0v) is 12.1. The van der Waals surface area contributed by atoms with E-state index in [1.165, 1.54) is 0 Å². The van der Waals surface area contributed by atoms with Crippen LogP contribution in [0.3, 0.4) is 0 Å². The van der Waals surface area contributed by atoms with Crippen molar-refractivity contribution in [2.45, 2.75) is 18.2 Å². The Hall–Kier alpha value is -0.940. The van der Waals surface area contributed by atoms with Crippen molar-refractivity contribution in [3.63, 3.8) is 0 Å². The molecule has 0 spiro atoms. The number of nitrogens with zero attached hydrogens (tertiary/aromatic N) is 2. The molecule has 0 aliphatic carbocycles. The molecule has 2 rings (SSSR count). The van der Waals surface area contributed by atoms with E-state index in [0.29, 0.717) is 0 Å². The Kier molecular flexibility index (Phi) is 4.12. The molecule has 3 nitrogen and oxygen atoms in total. The summed E-state index contributed by atoms with van der Waals surface area (Å²) in [4.78, 5) is 0.281. The molecule has 0 saturated heterocycles. The van der Waals surface area contributed by atoms with Crippen LogP contribution in [0, 0.1) is 0 Å². The van der Waals surface area contributed by atoms with Gasteiger partial charge in [0.1, 0.15) is 10.8 Å². The van der Waals surface area contributed by atoms with Crippen molar-refractivity contribution in [1.29, 1.82) is 0 Å². The van der Waals surface area contributed by atoms with Crippen LogP contribution in [0.15, 0.2) is 24.3 Å². The van der Waals surface area contributed by atoms with Crippen molar-refractivity contribution in [1.82, 2.24) is 10.2 Å². The minimum absolute atomic E-state index is 0.281. The zero-order chi connectivity index (χ0) is 12.3. The lowest BCUT2D eigenvalue weighted by Crippen LogP contribution is -1.86. The van der Waals surface area contributed by atoms with E-state index in [9.17, 15) is 0 Å². The van der Waals surface area contributed by atoms with Crippen molar-refractivity contribution in [3.8, 4) is 16.3 Å². The standard InChI is InChI=1S/C12H13BrN2OS/c1-3-9(13)12-15-14-11(17-12)8-6-4-5-7-10(8)16-2/h4-7,9H,3H2,1-2H3. The van der Waals surface area contributed by atoms with Crippen molar-refractivity contribution >= 4 is 27.3 Å². The first-order valence-corrected chi connectivity index (χ1v) is 7.10. The molecule has 0 fully saturated rings. The maximum absolute atomic E-state index is 5.32. The second-order valence-electron chi connectivity index (χ2n) is 3.52. The van der Waals surface area contributed by atoms with Crippen LogP contribution in [0.25, 0.3) is 10.6 Å². The molecule has 90 valence electrons. The fourth-order valence-corrected chi connectivity index (χ4v) is 2.77. The molecule has 1 aromatic carbocycles. The average molecular weight is 313 g/mol. The zero-order valence-electron chi connectivity index (χ0n) is 9.68. The first-order chi connectivity index (χ1) is 8.26. The first kappa shape index (κ1) is 12.5. The predicted molar refractivity (Wildman–Crippen MR) is 73.9 cm³/mol. The molecule has 0 aliphatic heterocycles. The molecule has 5 heteroatoms. The number of methoxy groups -OCH3 is 1. The lowest BCUT2D eigenvalue weighted by Gasteiger charge is -2.04. The van der Waals surface area contributed by atoms with Crippen molar-refractivity contribution in [2.24, 2.45) is 0 Å². The summed E-state index contributed by atoms with van der Waals surface area (Å²) in [5.41, 5.74) is 0.995. The minimum Gasteiger partial charge on any atom is -0.496 e. The van der Waals surface area contributed by atoms with Gasteiger partial charge in [-0.25, -0.2) is 0 Å². The van der Waals surface area contributed by atoms with Gasteiger partial charge in [0.15, 0.2) is 5.01 Å². The molecule has 1 atom stereocenters. The van der Waals surface area contributed by atoms with Gasteiger partial charge in [-0.2, -0.15) is 0 Å². The van der Waals surface area contributed by atoms with E-state index in [1.54, 1.807) is 18.4 Å². The number of ether oxygens (including phenoxy) is 1. The molecule has 0 amide bonds. The lowest BCUT2D eigenvalue weighted by atomic mass is 10.2. The van der Waals surface area contributed by atoms with Crippen LogP contribution in [0.5, 0.6) is 5.75 Å². The third-order valence-corrected chi connectivity index (χ3v) is 4.86. The highest BCUT2D eigenvalue weighted by molar-refractivity contribution is 9.09. The molecule has 1 heterocycles. The summed E-state index contributed by atoms with van der Waals surface area (Å²) < 4.78 is 5.32. The fraction of sp³-hybridized carbons (Fsp3) is 0.333. The highest BCUT2D eigenvalue weighted by atomic mass is 79.9. The van der Waals surface area contributed by atoms with Gasteiger partial charge in [-0.15, -0.1) is 10.2 Å². The Morgan fingerprint density at radius 1 is 1.35 bits per heavy atom. The van der Waals surface area contributed by atoms with Crippen LogP contribution < -0.4 is 4.74 Å². The molecular formula is C12H13BrN2OS. The molecule has 1 aromatic heterocycles. The van der Waals surface area contributed by atoms with Crippen LogP contribution in [0.1, 0.15) is 23.2 Å². The first-order valence-electron chi connectivity index (χ1n) is 5.37. The third-order valence-electron chi connectivity index (χ3n) is 2.40. The summed E-state index contributed by atoms with van der Waals surface area (Å²) in [5, 5.41) is 10.3. The van der Waals surface area contributed by atoms with Gasteiger partial charge in [-0.05, 0) is 18.6 Å². The number of hydrogen-bond acceptors (Lipinski definition) is 4. The quantitative estimate of drug-likeness (QED) is 0.799. The summed E-state index contributed by atoms with van der Waals surface area (Å²) in [6, 6.07) is 7.86. The number of hydrogen-bond donors (Lipinski definition) is 0. The summed E-state index contributed by atoms with van der Waals surface area (Å²) in [7, 11) is 1.67. The van der Waals surface area contributed by atoms with Crippen LogP contribution >= 0.6 is 27.3 Å². The van der Waals surface area contributed by atoms with Crippen molar-refractivity contribution < 1.29 is 4.74 Å². The Morgan fingerprint density at radius 3 is 2.82 bits per heavy atom. The van der Waals surface area contributed by atoms with Crippen LogP contribution in [-0.4, -0.2) is 17.3 Å². The van der Waals surface area contributed by atoms with E-state index in [-0.39, 0.29) is 4.83 Å². The maximum Gasteiger partial charge on any atom is 0.151 e. The van der Waals surface area contributed by atoms with E-state index in [2.05, 4.69) is 33.1 Å². The lowest BCUT2D eigenvalue weighted by molar-refractivity contribution is 0.416. The average Bonchev–Trinajstić information content (AvgIpc) is 2.87. The highest BCUT2D eigenvalue weighted by Gasteiger charge is 2.14. The molecule has 1 unspecified atom stereocenters. The molecular weight excluding hydrogens is 300 g/mol. The van der Waals surface area contributed by atoms with E-state index in [4.69, 9.17) is 4.74 Å². The Labute approximate surface area is 113 Å². The summed E-state index contributed by atoms with van der Waals surface area (Å²) in [5.74, 6) is 0.831. The summed E-state index contributed by atoms with van der Waals surface area (Å²) >= 11 is 5.18. The number of alkyl halides is 1. The second kappa shape index (κ2) is 5.60. The molecule has 0 aliphatic rings. The minimum atomic E-state index is 0.281. The highest BCUT2D eigenvalue weighted by Crippen LogP contribution is 2.36. The van der Waals surface area contributed by atoms with E-state index in [0.717, 1.165) is 27.7 Å². The van der Waals surface area contributed by atoms with E-state index >= 15 is 0 Å². The van der Waals surface area contributed by atoms with Gasteiger partial charge in [0.05, 0.1) is 17.5 Å². The van der Waals surface area contributed by atoms with Gasteiger partial charge >= 0.3 is 0 Å². The number of para-hydroxylation sites is 1. The van der Waals surface area contributed by atoms with Gasteiger partial charge in [0, 0.05) is 0 Å². The monoisotopic (exact) mass is 312 g/mol. The number of rotatable bonds is 4. The van der Waals surface area contributed by atoms with Gasteiger partial charge in [0.2, 0.25) is 0 Å². The van der Waals surface area contributed by atoms with Gasteiger partial charge in [-0.3, -0.25) is 0 Å². The SMILES string of the molecule is CCC(Br)c1nnc(-c2ccccc2OC)s1. The van der Waals surface area contributed by atoms with Gasteiger partial charge in [-0.1, -0.05) is 46.3 Å².